The van der Waals surface area contributed by atoms with Crippen LogP contribution in [0.2, 0.25) is 0 Å². The highest BCUT2D eigenvalue weighted by atomic mass is 19.1. The van der Waals surface area contributed by atoms with Gasteiger partial charge in [-0.1, -0.05) is 24.2 Å². The number of nitrogens with zero attached hydrogens (tertiary/aromatic N) is 1. The fourth-order valence-corrected chi connectivity index (χ4v) is 0.975. The molecule has 0 spiro atoms. The van der Waals surface area contributed by atoms with E-state index in [1.54, 1.807) is 12.1 Å². The lowest BCUT2D eigenvalue weighted by Crippen LogP contribution is -1.98. The maximum Gasteiger partial charge on any atom is 0.123 e. The summed E-state index contributed by atoms with van der Waals surface area (Å²) in [4.78, 5) is 0. The van der Waals surface area contributed by atoms with Crippen LogP contribution < -0.4 is 0 Å². The van der Waals surface area contributed by atoms with Crippen LogP contribution in [0.4, 0.5) is 4.39 Å². The zero-order valence-corrected chi connectivity index (χ0v) is 6.79. The summed E-state index contributed by atoms with van der Waals surface area (Å²) in [6.45, 7) is 1.87. The minimum Gasteiger partial charge on any atom is -0.411 e. The van der Waals surface area contributed by atoms with Crippen molar-refractivity contribution in [3.05, 3.63) is 35.6 Å². The minimum atomic E-state index is -0.285. The monoisotopic (exact) mass is 167 g/mol. The molecule has 0 aromatic heterocycles. The third kappa shape index (κ3) is 1.81. The Morgan fingerprint density at radius 2 is 2.00 bits per heavy atom. The van der Waals surface area contributed by atoms with Crippen LogP contribution in [0, 0.1) is 5.82 Å². The molecule has 0 aliphatic carbocycles. The van der Waals surface area contributed by atoms with Crippen molar-refractivity contribution in [1.29, 1.82) is 0 Å². The van der Waals surface area contributed by atoms with E-state index in [1.165, 1.54) is 12.1 Å². The van der Waals surface area contributed by atoms with Gasteiger partial charge in [-0.3, -0.25) is 0 Å². The van der Waals surface area contributed by atoms with E-state index in [1.807, 2.05) is 6.92 Å². The smallest absolute Gasteiger partial charge is 0.123 e. The van der Waals surface area contributed by atoms with Crippen LogP contribution in [0.25, 0.3) is 0 Å². The van der Waals surface area contributed by atoms with Crippen molar-refractivity contribution < 1.29 is 9.60 Å². The lowest BCUT2D eigenvalue weighted by atomic mass is 10.1. The molecule has 1 aromatic rings. The molecule has 0 amide bonds. The molecule has 0 bridgehead atoms. The van der Waals surface area contributed by atoms with Gasteiger partial charge in [-0.15, -0.1) is 0 Å². The highest BCUT2D eigenvalue weighted by Crippen LogP contribution is 2.06. The van der Waals surface area contributed by atoms with Crippen LogP contribution in [-0.4, -0.2) is 10.9 Å². The molecule has 1 rings (SSSR count). The van der Waals surface area contributed by atoms with Gasteiger partial charge in [0.1, 0.15) is 5.82 Å². The average Bonchev–Trinajstić information content (AvgIpc) is 2.10. The Morgan fingerprint density at radius 3 is 2.42 bits per heavy atom. The van der Waals surface area contributed by atoms with Crippen molar-refractivity contribution >= 4 is 5.71 Å². The lowest BCUT2D eigenvalue weighted by Gasteiger charge is -1.99. The molecule has 0 aliphatic rings. The molecule has 0 saturated carbocycles. The predicted octanol–water partition coefficient (Wildman–Crippen LogP) is 2.41. The Bertz CT molecular complexity index is 279. The van der Waals surface area contributed by atoms with Crippen molar-refractivity contribution in [2.45, 2.75) is 13.3 Å². The molecule has 12 heavy (non-hydrogen) atoms. The molecule has 1 N–H and O–H groups in total. The molecule has 2 nitrogen and oxygen atoms in total. The Labute approximate surface area is 70.3 Å². The van der Waals surface area contributed by atoms with Crippen LogP contribution in [0.3, 0.4) is 0 Å². The predicted molar refractivity (Wildman–Crippen MR) is 45.0 cm³/mol. The molecular weight excluding hydrogens is 157 g/mol. The number of oxime groups is 1. The van der Waals surface area contributed by atoms with Gasteiger partial charge in [-0.2, -0.15) is 0 Å². The quantitative estimate of drug-likeness (QED) is 0.409. The van der Waals surface area contributed by atoms with Gasteiger partial charge in [0, 0.05) is 0 Å². The Kier molecular flexibility index (Phi) is 2.80. The van der Waals surface area contributed by atoms with E-state index >= 15 is 0 Å². The fourth-order valence-electron chi connectivity index (χ4n) is 0.975. The third-order valence-electron chi connectivity index (χ3n) is 1.63. The van der Waals surface area contributed by atoms with Gasteiger partial charge >= 0.3 is 0 Å². The number of halogens is 1. The molecule has 0 fully saturated rings. The Balaban J connectivity index is 2.96. The lowest BCUT2D eigenvalue weighted by molar-refractivity contribution is 0.318. The maximum atomic E-state index is 12.5. The van der Waals surface area contributed by atoms with Crippen molar-refractivity contribution in [3.63, 3.8) is 0 Å². The zero-order valence-electron chi connectivity index (χ0n) is 6.79. The largest absolute Gasteiger partial charge is 0.411 e. The van der Waals surface area contributed by atoms with Crippen LogP contribution in [-0.2, 0) is 0 Å². The van der Waals surface area contributed by atoms with Gasteiger partial charge in [-0.05, 0) is 24.1 Å². The van der Waals surface area contributed by atoms with Crippen LogP contribution in [0.5, 0.6) is 0 Å². The van der Waals surface area contributed by atoms with Crippen LogP contribution in [0.15, 0.2) is 29.4 Å². The SMILES string of the molecule is CC/C(=N\O)c1ccc(F)cc1. The second-order valence-electron chi connectivity index (χ2n) is 2.41. The maximum absolute atomic E-state index is 12.5. The van der Waals surface area contributed by atoms with Crippen molar-refractivity contribution in [1.82, 2.24) is 0 Å². The van der Waals surface area contributed by atoms with Gasteiger partial charge in [-0.25, -0.2) is 4.39 Å². The number of benzene rings is 1. The van der Waals surface area contributed by atoms with Crippen molar-refractivity contribution in [2.24, 2.45) is 5.16 Å². The summed E-state index contributed by atoms with van der Waals surface area (Å²) in [5.41, 5.74) is 1.32. The first-order valence-electron chi connectivity index (χ1n) is 3.74. The van der Waals surface area contributed by atoms with E-state index in [0.717, 1.165) is 5.56 Å². The highest BCUT2D eigenvalue weighted by molar-refractivity contribution is 5.99. The summed E-state index contributed by atoms with van der Waals surface area (Å²) in [6.07, 6.45) is 0.627. The topological polar surface area (TPSA) is 32.6 Å². The van der Waals surface area contributed by atoms with Gasteiger partial charge < -0.3 is 5.21 Å². The minimum absolute atomic E-state index is 0.285. The second-order valence-corrected chi connectivity index (χ2v) is 2.41. The Hall–Kier alpha value is -1.38. The summed E-state index contributed by atoms with van der Waals surface area (Å²) in [5, 5.41) is 11.6. The molecule has 0 aliphatic heterocycles. The van der Waals surface area contributed by atoms with Gasteiger partial charge in [0.05, 0.1) is 5.71 Å². The molecule has 0 saturated heterocycles. The Morgan fingerprint density at radius 1 is 1.42 bits per heavy atom. The van der Waals surface area contributed by atoms with E-state index in [9.17, 15) is 4.39 Å². The summed E-state index contributed by atoms with van der Waals surface area (Å²) in [7, 11) is 0. The summed E-state index contributed by atoms with van der Waals surface area (Å²) in [5.74, 6) is -0.285. The molecule has 0 radical (unpaired) electrons. The molecule has 0 heterocycles. The molecule has 0 unspecified atom stereocenters. The first-order chi connectivity index (χ1) is 5.77. The second kappa shape index (κ2) is 3.85. The standard InChI is InChI=1S/C9H10FNO/c1-2-9(11-12)7-3-5-8(10)6-4-7/h3-6,12H,2H2,1H3/b11-9+. The fraction of sp³-hybridized carbons (Fsp3) is 0.222. The van der Waals surface area contributed by atoms with Crippen molar-refractivity contribution in [2.75, 3.05) is 0 Å². The van der Waals surface area contributed by atoms with Gasteiger partial charge in [0.15, 0.2) is 0 Å². The molecule has 3 heteroatoms. The van der Waals surface area contributed by atoms with E-state index in [4.69, 9.17) is 5.21 Å². The summed E-state index contributed by atoms with van der Waals surface area (Å²) in [6, 6.07) is 5.87. The number of hydrogen-bond acceptors (Lipinski definition) is 2. The highest BCUT2D eigenvalue weighted by Gasteiger charge is 2.00. The van der Waals surface area contributed by atoms with E-state index in [-0.39, 0.29) is 5.82 Å². The first kappa shape index (κ1) is 8.71. The summed E-state index contributed by atoms with van der Waals surface area (Å²) < 4.78 is 12.5. The molecular formula is C9H10FNO. The average molecular weight is 167 g/mol. The van der Waals surface area contributed by atoms with E-state index in [0.29, 0.717) is 12.1 Å². The molecule has 64 valence electrons. The van der Waals surface area contributed by atoms with Gasteiger partial charge in [0.2, 0.25) is 0 Å². The molecule has 0 atom stereocenters. The van der Waals surface area contributed by atoms with Gasteiger partial charge in [0.25, 0.3) is 0 Å². The normalized spacial score (nSPS) is 11.7. The summed E-state index contributed by atoms with van der Waals surface area (Å²) >= 11 is 0. The first-order valence-corrected chi connectivity index (χ1v) is 3.74. The van der Waals surface area contributed by atoms with Crippen molar-refractivity contribution in [3.8, 4) is 0 Å². The van der Waals surface area contributed by atoms with E-state index in [2.05, 4.69) is 5.16 Å². The zero-order chi connectivity index (χ0) is 8.97. The van der Waals surface area contributed by atoms with Crippen LogP contribution in [0.1, 0.15) is 18.9 Å². The van der Waals surface area contributed by atoms with Crippen LogP contribution >= 0.6 is 0 Å². The van der Waals surface area contributed by atoms with E-state index < -0.39 is 0 Å². The number of rotatable bonds is 2. The third-order valence-corrected chi connectivity index (χ3v) is 1.63. The molecule has 1 aromatic carbocycles. The number of hydrogen-bond donors (Lipinski definition) is 1.